The van der Waals surface area contributed by atoms with Crippen LogP contribution in [0.4, 0.5) is 0 Å². The summed E-state index contributed by atoms with van der Waals surface area (Å²) in [6.07, 6.45) is 5.01. The fourth-order valence-electron chi connectivity index (χ4n) is 13.3. The minimum Gasteiger partial charge on any atom is -0.0624 e. The third-order valence-corrected chi connectivity index (χ3v) is 22.4. The SMILES string of the molecule is CC12CCCCC1(C)[Si](c1ccccc1)(c1ccccc1)c1ccc(-c3cc(-c4cccc5ccccc45)c4ccc5ccc(-c6cccc7ccccc67)c6ccc3c4c56)cc12. The van der Waals surface area contributed by atoms with E-state index in [1.807, 2.05) is 0 Å². The number of benzene rings is 11. The Labute approximate surface area is 370 Å². The molecule has 0 saturated heterocycles. The van der Waals surface area contributed by atoms with Gasteiger partial charge in [-0.05, 0) is 138 Å². The third kappa shape index (κ3) is 4.92. The number of fused-ring (bicyclic) bond motifs is 5. The van der Waals surface area contributed by atoms with E-state index < -0.39 is 8.07 Å². The maximum Gasteiger partial charge on any atom is 0.155 e. The van der Waals surface area contributed by atoms with E-state index in [0.29, 0.717) is 0 Å². The Morgan fingerprint density at radius 2 is 0.889 bits per heavy atom. The van der Waals surface area contributed by atoms with Crippen molar-refractivity contribution in [2.75, 3.05) is 0 Å². The highest BCUT2D eigenvalue weighted by atomic mass is 28.3. The summed E-state index contributed by atoms with van der Waals surface area (Å²) in [5, 5.41) is 17.9. The van der Waals surface area contributed by atoms with E-state index in [-0.39, 0.29) is 10.5 Å². The van der Waals surface area contributed by atoms with Crippen molar-refractivity contribution in [2.45, 2.75) is 50.0 Å². The van der Waals surface area contributed by atoms with Gasteiger partial charge in [-0.3, -0.25) is 0 Å². The third-order valence-electron chi connectivity index (χ3n) is 16.3. The van der Waals surface area contributed by atoms with E-state index in [4.69, 9.17) is 0 Å². The van der Waals surface area contributed by atoms with Gasteiger partial charge in [-0.2, -0.15) is 0 Å². The van der Waals surface area contributed by atoms with Crippen molar-refractivity contribution in [1.82, 2.24) is 0 Å². The van der Waals surface area contributed by atoms with Crippen LogP contribution in [0.1, 0.15) is 45.1 Å². The molecule has 2 atom stereocenters. The first-order valence-electron chi connectivity index (χ1n) is 23.0. The van der Waals surface area contributed by atoms with Crippen LogP contribution in [0, 0.1) is 0 Å². The first-order chi connectivity index (χ1) is 31.0. The smallest absolute Gasteiger partial charge is 0.0624 e. The molecule has 0 aromatic heterocycles. The van der Waals surface area contributed by atoms with E-state index in [2.05, 4.69) is 220 Å². The maximum atomic E-state index is 2.69. The van der Waals surface area contributed by atoms with E-state index in [1.54, 1.807) is 21.1 Å². The van der Waals surface area contributed by atoms with Crippen molar-refractivity contribution >= 4 is 77.5 Å². The van der Waals surface area contributed by atoms with Crippen LogP contribution in [0.3, 0.4) is 0 Å². The van der Waals surface area contributed by atoms with Gasteiger partial charge in [0.05, 0.1) is 0 Å². The highest BCUT2D eigenvalue weighted by Gasteiger charge is 2.68. The molecule has 0 amide bonds. The molecule has 1 aliphatic heterocycles. The molecule has 1 saturated carbocycles. The molecule has 13 rings (SSSR count). The molecule has 1 aliphatic carbocycles. The zero-order valence-electron chi connectivity index (χ0n) is 36.0. The summed E-state index contributed by atoms with van der Waals surface area (Å²) in [5.74, 6) is 0. The fraction of sp³-hybridized carbons (Fsp3) is 0.129. The van der Waals surface area contributed by atoms with E-state index in [9.17, 15) is 0 Å². The lowest BCUT2D eigenvalue weighted by molar-refractivity contribution is 0.241. The molecule has 2 aliphatic rings. The Morgan fingerprint density at radius 3 is 1.57 bits per heavy atom. The summed E-state index contributed by atoms with van der Waals surface area (Å²) in [7, 11) is -2.55. The molecule has 11 aromatic carbocycles. The molecular weight excluding hydrogens is 773 g/mol. The monoisotopic (exact) mass is 820 g/mol. The molecule has 300 valence electrons. The lowest BCUT2D eigenvalue weighted by Crippen LogP contribution is -2.72. The highest BCUT2D eigenvalue weighted by molar-refractivity contribution is 7.14. The summed E-state index contributed by atoms with van der Waals surface area (Å²) in [6, 6.07) is 79.4. The van der Waals surface area contributed by atoms with Gasteiger partial charge in [-0.1, -0.05) is 227 Å². The Balaban J connectivity index is 1.14. The van der Waals surface area contributed by atoms with Crippen LogP contribution in [0.15, 0.2) is 206 Å². The maximum absolute atomic E-state index is 2.69. The molecule has 11 aromatic rings. The quantitative estimate of drug-likeness (QED) is 0.120. The van der Waals surface area contributed by atoms with Crippen molar-refractivity contribution in [3.8, 4) is 33.4 Å². The number of hydrogen-bond donors (Lipinski definition) is 0. The van der Waals surface area contributed by atoms with Crippen molar-refractivity contribution in [1.29, 1.82) is 0 Å². The average Bonchev–Trinajstić information content (AvgIpc) is 3.53. The predicted octanol–water partition coefficient (Wildman–Crippen LogP) is 15.0. The van der Waals surface area contributed by atoms with Crippen LogP contribution in [0.5, 0.6) is 0 Å². The fourth-order valence-corrected chi connectivity index (χ4v) is 20.3. The zero-order chi connectivity index (χ0) is 41.9. The van der Waals surface area contributed by atoms with Crippen molar-refractivity contribution in [2.24, 2.45) is 0 Å². The normalized spacial score (nSPS) is 19.3. The second kappa shape index (κ2) is 13.6. The Kier molecular flexibility index (Phi) is 7.95. The van der Waals surface area contributed by atoms with Gasteiger partial charge >= 0.3 is 0 Å². The average molecular weight is 821 g/mol. The van der Waals surface area contributed by atoms with Crippen LogP contribution in [0.25, 0.3) is 87.2 Å². The number of rotatable bonds is 5. The second-order valence-corrected chi connectivity index (χ2v) is 23.3. The molecule has 0 N–H and O–H groups in total. The first kappa shape index (κ1) is 36.8. The largest absolute Gasteiger partial charge is 0.155 e. The molecule has 1 heteroatoms. The van der Waals surface area contributed by atoms with Gasteiger partial charge in [-0.15, -0.1) is 0 Å². The minimum absolute atomic E-state index is 0.0319. The molecule has 0 spiro atoms. The van der Waals surface area contributed by atoms with Gasteiger partial charge in [0.15, 0.2) is 8.07 Å². The van der Waals surface area contributed by atoms with Gasteiger partial charge < -0.3 is 0 Å². The van der Waals surface area contributed by atoms with E-state index >= 15 is 0 Å². The Hall–Kier alpha value is -6.80. The standard InChI is InChI=1S/C62H48Si/c1-61-37-13-14-38-62(61,2)63(45-21-5-3-6-22-45,46-23-7-4-8-24-46)58-36-31-44(39-57(58)61)55-40-56(50-28-16-20-42-18-10-12-26-48(42)50)54-33-30-43-29-32-51(52-34-35-53(55)60(54)59(43)52)49-27-15-19-41-17-9-11-25-47(41)49/h3-12,15-36,39-40H,13-14,37-38H2,1-2H3. The molecule has 2 unspecified atom stereocenters. The molecule has 0 radical (unpaired) electrons. The van der Waals surface area contributed by atoms with E-state index in [0.717, 1.165) is 0 Å². The summed E-state index contributed by atoms with van der Waals surface area (Å²) in [6.45, 7) is 5.34. The second-order valence-electron chi connectivity index (χ2n) is 19.0. The van der Waals surface area contributed by atoms with Crippen LogP contribution >= 0.6 is 0 Å². The molecular formula is C62H48Si. The summed E-state index contributed by atoms with van der Waals surface area (Å²) < 4.78 is 0. The molecule has 1 fully saturated rings. The lowest BCUT2D eigenvalue weighted by atomic mass is 9.64. The van der Waals surface area contributed by atoms with Crippen molar-refractivity contribution in [3.63, 3.8) is 0 Å². The Bertz CT molecular complexity index is 3550. The van der Waals surface area contributed by atoms with E-state index in [1.165, 1.54) is 113 Å². The van der Waals surface area contributed by atoms with Gasteiger partial charge in [0, 0.05) is 0 Å². The van der Waals surface area contributed by atoms with Gasteiger partial charge in [0.2, 0.25) is 0 Å². The number of hydrogen-bond acceptors (Lipinski definition) is 0. The molecule has 0 bridgehead atoms. The van der Waals surface area contributed by atoms with Gasteiger partial charge in [0.25, 0.3) is 0 Å². The lowest BCUT2D eigenvalue weighted by Gasteiger charge is -2.54. The summed E-state index contributed by atoms with van der Waals surface area (Å²) in [5.41, 5.74) is 9.41. The van der Waals surface area contributed by atoms with Crippen LogP contribution in [0.2, 0.25) is 5.04 Å². The van der Waals surface area contributed by atoms with Crippen LogP contribution < -0.4 is 15.6 Å². The van der Waals surface area contributed by atoms with Gasteiger partial charge in [0.1, 0.15) is 0 Å². The topological polar surface area (TPSA) is 0 Å². The first-order valence-corrected chi connectivity index (χ1v) is 25.0. The molecule has 63 heavy (non-hydrogen) atoms. The summed E-state index contributed by atoms with van der Waals surface area (Å²) >= 11 is 0. The summed E-state index contributed by atoms with van der Waals surface area (Å²) in [4.78, 5) is 0. The van der Waals surface area contributed by atoms with Crippen LogP contribution in [-0.4, -0.2) is 8.07 Å². The predicted molar refractivity (Wildman–Crippen MR) is 273 cm³/mol. The van der Waals surface area contributed by atoms with Crippen molar-refractivity contribution < 1.29 is 0 Å². The highest BCUT2D eigenvalue weighted by Crippen LogP contribution is 2.65. The van der Waals surface area contributed by atoms with Crippen LogP contribution in [-0.2, 0) is 5.41 Å². The van der Waals surface area contributed by atoms with Gasteiger partial charge in [-0.25, -0.2) is 0 Å². The zero-order valence-corrected chi connectivity index (χ0v) is 37.0. The molecule has 1 heterocycles. The minimum atomic E-state index is -2.55. The Morgan fingerprint density at radius 1 is 0.365 bits per heavy atom. The van der Waals surface area contributed by atoms with Crippen molar-refractivity contribution in [3.05, 3.63) is 212 Å². The molecule has 0 nitrogen and oxygen atoms in total.